The molecule has 2 heterocycles. The van der Waals surface area contributed by atoms with Gasteiger partial charge in [0.25, 0.3) is 5.91 Å². The smallest absolute Gasteiger partial charge is 0.322 e. The molecule has 166 valence electrons. The van der Waals surface area contributed by atoms with Gasteiger partial charge in [-0.25, -0.2) is 0 Å². The van der Waals surface area contributed by atoms with Crippen molar-refractivity contribution in [1.29, 1.82) is 0 Å². The molecule has 0 spiro atoms. The van der Waals surface area contributed by atoms with E-state index in [9.17, 15) is 28.0 Å². The third-order valence-electron chi connectivity index (χ3n) is 5.07. The highest BCUT2D eigenvalue weighted by Crippen LogP contribution is 2.32. The van der Waals surface area contributed by atoms with Crippen molar-refractivity contribution in [1.82, 2.24) is 10.2 Å². The lowest BCUT2D eigenvalue weighted by molar-refractivity contribution is -0.144. The minimum absolute atomic E-state index is 0.0524. The van der Waals surface area contributed by atoms with Gasteiger partial charge in [-0.3, -0.25) is 24.5 Å². The van der Waals surface area contributed by atoms with Crippen molar-refractivity contribution in [2.24, 2.45) is 0 Å². The van der Waals surface area contributed by atoms with Crippen LogP contribution in [0.2, 0.25) is 5.02 Å². The first-order valence-corrected chi connectivity index (χ1v) is 9.76. The number of carbonyl (C=O) groups is 4. The highest BCUT2D eigenvalue weighted by atomic mass is 35.5. The van der Waals surface area contributed by atoms with Crippen molar-refractivity contribution >= 4 is 35.1 Å². The lowest BCUT2D eigenvalue weighted by Gasteiger charge is -2.29. The summed E-state index contributed by atoms with van der Waals surface area (Å²) in [7, 11) is 0. The Balaban J connectivity index is 1.59. The first-order valence-electron chi connectivity index (χ1n) is 12.4. The standard InChI is InChI=1S/C23H19ClF2N2O4/c24-16-5-3-15(4-6-16)23(25,26)19(29)9-2-13-1-7-17-14(11-13)12-28(22(17)32)18-8-10-20(30)27-21(18)31/h1,3-7,11,18H,2,8-10,12H2,(H,27,30,31)/i2D2,8D2,10D2. The number of amides is 3. The summed E-state index contributed by atoms with van der Waals surface area (Å²) in [6, 6.07) is 5.67. The molecule has 0 aromatic heterocycles. The zero-order chi connectivity index (χ0) is 28.4. The van der Waals surface area contributed by atoms with E-state index in [1.54, 1.807) is 5.32 Å². The van der Waals surface area contributed by atoms with Crippen molar-refractivity contribution in [2.45, 2.75) is 44.0 Å². The average molecular weight is 467 g/mol. The quantitative estimate of drug-likeness (QED) is 0.661. The molecule has 0 aliphatic carbocycles. The minimum atomic E-state index is -4.00. The van der Waals surface area contributed by atoms with E-state index >= 15 is 0 Å². The van der Waals surface area contributed by atoms with E-state index in [4.69, 9.17) is 19.8 Å². The number of alkyl halides is 2. The van der Waals surface area contributed by atoms with Crippen LogP contribution >= 0.6 is 11.6 Å². The molecule has 0 radical (unpaired) electrons. The number of Topliss-reactive ketones (excluding diaryl/α,β-unsaturated/α-hetero) is 1. The number of hydrogen-bond acceptors (Lipinski definition) is 4. The second-order valence-corrected chi connectivity index (χ2v) is 7.59. The van der Waals surface area contributed by atoms with Crippen LogP contribution in [-0.4, -0.2) is 34.4 Å². The van der Waals surface area contributed by atoms with Crippen molar-refractivity contribution in [3.05, 3.63) is 69.7 Å². The number of fused-ring (bicyclic) bond motifs is 1. The highest BCUT2D eigenvalue weighted by molar-refractivity contribution is 6.30. The van der Waals surface area contributed by atoms with E-state index in [2.05, 4.69) is 0 Å². The van der Waals surface area contributed by atoms with E-state index in [0.29, 0.717) is 0 Å². The molecule has 2 aliphatic rings. The lowest BCUT2D eigenvalue weighted by atomic mass is 9.97. The van der Waals surface area contributed by atoms with E-state index in [-0.39, 0.29) is 21.7 Å². The number of benzene rings is 2. The molecule has 2 aliphatic heterocycles. The van der Waals surface area contributed by atoms with Gasteiger partial charge in [0.15, 0.2) is 0 Å². The number of nitrogens with one attached hydrogen (secondary N) is 1. The van der Waals surface area contributed by atoms with Crippen LogP contribution in [0, 0.1) is 0 Å². The Hall–Kier alpha value is -3.13. The summed E-state index contributed by atoms with van der Waals surface area (Å²) >= 11 is 5.69. The minimum Gasteiger partial charge on any atom is -0.322 e. The molecule has 3 amide bonds. The van der Waals surface area contributed by atoms with Gasteiger partial charge in [-0.05, 0) is 42.1 Å². The molecule has 1 saturated heterocycles. The van der Waals surface area contributed by atoms with Gasteiger partial charge in [-0.2, -0.15) is 8.78 Å². The molecule has 0 saturated carbocycles. The molecule has 1 unspecified atom stereocenters. The molecule has 1 N–H and O–H groups in total. The topological polar surface area (TPSA) is 83.6 Å². The number of carbonyl (C=O) groups excluding carboxylic acids is 4. The SMILES string of the molecule is [2H]C([2H])(CC(=O)C(F)(F)c1ccc(Cl)cc1)c1ccc2c(c1)CN(C1C(=O)NC(=O)C([2H])([2H])C1([2H])[2H])C2=O. The van der Waals surface area contributed by atoms with E-state index in [1.807, 2.05) is 0 Å². The summed E-state index contributed by atoms with van der Waals surface area (Å²) in [5, 5.41) is 1.90. The van der Waals surface area contributed by atoms with Crippen LogP contribution in [0.15, 0.2) is 42.5 Å². The Bertz CT molecular complexity index is 1370. The monoisotopic (exact) mass is 466 g/mol. The van der Waals surface area contributed by atoms with Gasteiger partial charge < -0.3 is 4.90 Å². The van der Waals surface area contributed by atoms with Crippen LogP contribution in [0.3, 0.4) is 0 Å². The Kier molecular flexibility index (Phi) is 4.12. The fourth-order valence-corrected chi connectivity index (χ4v) is 3.53. The number of imide groups is 1. The van der Waals surface area contributed by atoms with Crippen molar-refractivity contribution in [3.63, 3.8) is 0 Å². The number of aryl methyl sites for hydroxylation is 1. The lowest BCUT2D eigenvalue weighted by Crippen LogP contribution is -2.52. The normalized spacial score (nSPS) is 24.9. The molecule has 0 bridgehead atoms. The highest BCUT2D eigenvalue weighted by Gasteiger charge is 2.41. The summed E-state index contributed by atoms with van der Waals surface area (Å²) in [6.07, 6.45) is -10.0. The Morgan fingerprint density at radius 3 is 2.66 bits per heavy atom. The third-order valence-corrected chi connectivity index (χ3v) is 5.32. The van der Waals surface area contributed by atoms with Gasteiger partial charge in [-0.1, -0.05) is 35.9 Å². The summed E-state index contributed by atoms with van der Waals surface area (Å²) in [5.41, 5.74) is -0.818. The number of piperidine rings is 1. The molecule has 6 nitrogen and oxygen atoms in total. The van der Waals surface area contributed by atoms with Gasteiger partial charge in [-0.15, -0.1) is 0 Å². The molecule has 9 heteroatoms. The van der Waals surface area contributed by atoms with Gasteiger partial charge in [0.05, 0.1) is 0 Å². The van der Waals surface area contributed by atoms with E-state index in [0.717, 1.165) is 35.2 Å². The molecular formula is C23H19ClF2N2O4. The molecule has 32 heavy (non-hydrogen) atoms. The molecule has 1 atom stereocenters. The average Bonchev–Trinajstić information content (AvgIpc) is 3.13. The number of ketones is 1. The summed E-state index contributed by atoms with van der Waals surface area (Å²) in [5.74, 6) is -9.27. The Morgan fingerprint density at radius 1 is 1.22 bits per heavy atom. The van der Waals surface area contributed by atoms with Crippen molar-refractivity contribution in [3.8, 4) is 0 Å². The molecular weight excluding hydrogens is 442 g/mol. The second-order valence-electron chi connectivity index (χ2n) is 7.15. The molecule has 2 aromatic rings. The fraction of sp³-hybridized carbons (Fsp3) is 0.304. The number of nitrogens with zero attached hydrogens (tertiary/aromatic N) is 1. The number of halogens is 3. The Morgan fingerprint density at radius 2 is 1.94 bits per heavy atom. The number of rotatable bonds is 6. The van der Waals surface area contributed by atoms with Crippen LogP contribution in [0.25, 0.3) is 0 Å². The summed E-state index contributed by atoms with van der Waals surface area (Å²) in [6.45, 7) is -0.450. The third kappa shape index (κ3) is 4.14. The predicted molar refractivity (Wildman–Crippen MR) is 111 cm³/mol. The van der Waals surface area contributed by atoms with Crippen LogP contribution in [0.5, 0.6) is 0 Å². The predicted octanol–water partition coefficient (Wildman–Crippen LogP) is 3.39. The van der Waals surface area contributed by atoms with E-state index < -0.39 is 73.1 Å². The molecule has 2 aromatic carbocycles. The first kappa shape index (κ1) is 15.6. The van der Waals surface area contributed by atoms with Gasteiger partial charge in [0, 0.05) is 43.7 Å². The second kappa shape index (κ2) is 8.43. The van der Waals surface area contributed by atoms with Crippen LogP contribution in [0.4, 0.5) is 8.78 Å². The van der Waals surface area contributed by atoms with E-state index in [1.165, 1.54) is 12.1 Å². The van der Waals surface area contributed by atoms with Gasteiger partial charge in [0.1, 0.15) is 6.04 Å². The van der Waals surface area contributed by atoms with Crippen molar-refractivity contribution < 1.29 is 36.2 Å². The molecule has 4 rings (SSSR count). The maximum absolute atomic E-state index is 14.7. The van der Waals surface area contributed by atoms with Crippen molar-refractivity contribution in [2.75, 3.05) is 0 Å². The summed E-state index contributed by atoms with van der Waals surface area (Å²) in [4.78, 5) is 50.5. The zero-order valence-electron chi connectivity index (χ0n) is 22.2. The van der Waals surface area contributed by atoms with Gasteiger partial charge >= 0.3 is 5.92 Å². The summed E-state index contributed by atoms with van der Waals surface area (Å²) < 4.78 is 77.8. The largest absolute Gasteiger partial charge is 0.330 e. The number of hydrogen-bond donors (Lipinski definition) is 1. The van der Waals surface area contributed by atoms with Gasteiger partial charge in [0.2, 0.25) is 17.6 Å². The molecule has 1 fully saturated rings. The fourth-order valence-electron chi connectivity index (χ4n) is 3.41. The maximum Gasteiger partial charge on any atom is 0.330 e. The Labute approximate surface area is 196 Å². The van der Waals surface area contributed by atoms with Crippen LogP contribution < -0.4 is 5.32 Å². The van der Waals surface area contributed by atoms with Crippen LogP contribution in [0.1, 0.15) is 54.4 Å². The first-order chi connectivity index (χ1) is 17.4. The van der Waals surface area contributed by atoms with Crippen LogP contribution in [-0.2, 0) is 33.2 Å². The maximum atomic E-state index is 14.7. The zero-order valence-corrected chi connectivity index (χ0v) is 17.0.